The lowest BCUT2D eigenvalue weighted by atomic mass is 10.1. The number of aromatic amines is 2. The minimum Gasteiger partial charge on any atom is -0.354 e. The van der Waals surface area contributed by atoms with Gasteiger partial charge in [0.2, 0.25) is 0 Å². The van der Waals surface area contributed by atoms with Crippen molar-refractivity contribution in [2.24, 2.45) is 4.99 Å². The molecular weight excluding hydrogens is 428 g/mol. The number of amides is 1. The van der Waals surface area contributed by atoms with Gasteiger partial charge in [0.1, 0.15) is 0 Å². The van der Waals surface area contributed by atoms with Crippen molar-refractivity contribution in [3.05, 3.63) is 106 Å². The van der Waals surface area contributed by atoms with Crippen molar-refractivity contribution < 1.29 is 4.79 Å². The van der Waals surface area contributed by atoms with Gasteiger partial charge in [-0.05, 0) is 29.3 Å². The van der Waals surface area contributed by atoms with Crippen molar-refractivity contribution >= 4 is 28.7 Å². The van der Waals surface area contributed by atoms with Crippen LogP contribution in [0.1, 0.15) is 21.5 Å². The molecule has 5 aromatic rings. The molecule has 0 fully saturated rings. The topological polar surface area (TPSA) is 108 Å². The van der Waals surface area contributed by atoms with Crippen molar-refractivity contribution in [2.45, 2.75) is 6.54 Å². The van der Waals surface area contributed by atoms with Gasteiger partial charge < -0.3 is 15.3 Å². The van der Waals surface area contributed by atoms with E-state index >= 15 is 0 Å². The normalized spacial score (nSPS) is 11.3. The molecule has 0 spiro atoms. The first kappa shape index (κ1) is 21.1. The van der Waals surface area contributed by atoms with Crippen molar-refractivity contribution in [3.63, 3.8) is 0 Å². The van der Waals surface area contributed by atoms with Crippen LogP contribution < -0.4 is 10.9 Å². The van der Waals surface area contributed by atoms with Crippen LogP contribution in [0, 0.1) is 0 Å². The number of carbonyl (C=O) groups is 1. The predicted molar refractivity (Wildman–Crippen MR) is 134 cm³/mol. The summed E-state index contributed by atoms with van der Waals surface area (Å²) in [7, 11) is 1.74. The van der Waals surface area contributed by atoms with E-state index in [0.29, 0.717) is 29.1 Å². The molecule has 0 aliphatic rings. The highest BCUT2D eigenvalue weighted by Gasteiger charge is 2.13. The number of anilines is 1. The summed E-state index contributed by atoms with van der Waals surface area (Å²) in [4.78, 5) is 35.2. The average molecular weight is 451 g/mol. The minimum absolute atomic E-state index is 0.271. The summed E-state index contributed by atoms with van der Waals surface area (Å²) in [5, 5.41) is 8.17. The summed E-state index contributed by atoms with van der Waals surface area (Å²) in [5.41, 5.74) is 4.73. The molecule has 3 heterocycles. The fourth-order valence-electron chi connectivity index (χ4n) is 3.80. The quantitative estimate of drug-likeness (QED) is 0.339. The second kappa shape index (κ2) is 9.03. The van der Waals surface area contributed by atoms with Crippen molar-refractivity contribution in [2.75, 3.05) is 12.4 Å². The first-order valence-corrected chi connectivity index (χ1v) is 10.7. The summed E-state index contributed by atoms with van der Waals surface area (Å²) in [6, 6.07) is 19.3. The number of aliphatic imine (C=N–C) groups is 1. The van der Waals surface area contributed by atoms with Gasteiger partial charge in [-0.3, -0.25) is 19.3 Å². The van der Waals surface area contributed by atoms with E-state index < -0.39 is 0 Å². The van der Waals surface area contributed by atoms with Crippen LogP contribution in [0.2, 0.25) is 0 Å². The van der Waals surface area contributed by atoms with Crippen molar-refractivity contribution in [1.82, 2.24) is 19.7 Å². The number of hydrogen-bond acceptors (Lipinski definition) is 4. The molecule has 3 N–H and O–H groups in total. The zero-order valence-corrected chi connectivity index (χ0v) is 18.4. The summed E-state index contributed by atoms with van der Waals surface area (Å²) >= 11 is 0. The van der Waals surface area contributed by atoms with Crippen LogP contribution in [-0.2, 0) is 6.54 Å². The number of hydrogen-bond donors (Lipinski definition) is 3. The van der Waals surface area contributed by atoms with Gasteiger partial charge in [-0.2, -0.15) is 5.10 Å². The van der Waals surface area contributed by atoms with Crippen LogP contribution >= 0.6 is 0 Å². The molecule has 0 saturated carbocycles. The van der Waals surface area contributed by atoms with Crippen LogP contribution in [-0.4, -0.2) is 38.9 Å². The predicted octanol–water partition coefficient (Wildman–Crippen LogP) is 4.07. The molecule has 34 heavy (non-hydrogen) atoms. The zero-order chi connectivity index (χ0) is 23.5. The molecule has 0 aliphatic heterocycles. The molecule has 2 aromatic carbocycles. The van der Waals surface area contributed by atoms with Crippen LogP contribution in [0.25, 0.3) is 22.2 Å². The molecule has 8 heteroatoms. The van der Waals surface area contributed by atoms with E-state index in [4.69, 9.17) is 0 Å². The molecule has 168 valence electrons. The number of nitrogens with zero attached hydrogens (tertiary/aromatic N) is 3. The van der Waals surface area contributed by atoms with Gasteiger partial charge in [-0.25, -0.2) is 0 Å². The number of rotatable bonds is 6. The number of benzene rings is 2. The second-order valence-corrected chi connectivity index (χ2v) is 7.91. The van der Waals surface area contributed by atoms with Gasteiger partial charge >= 0.3 is 0 Å². The van der Waals surface area contributed by atoms with E-state index in [9.17, 15) is 9.59 Å². The lowest BCUT2D eigenvalue weighted by Crippen LogP contribution is -2.16. The maximum Gasteiger partial charge on any atom is 0.257 e. The van der Waals surface area contributed by atoms with E-state index in [1.54, 1.807) is 36.4 Å². The summed E-state index contributed by atoms with van der Waals surface area (Å²) in [6.07, 6.45) is 6.57. The first-order valence-electron chi connectivity index (χ1n) is 10.7. The third-order valence-corrected chi connectivity index (χ3v) is 5.48. The number of para-hydroxylation sites is 1. The van der Waals surface area contributed by atoms with Crippen LogP contribution in [0.15, 0.2) is 89.0 Å². The van der Waals surface area contributed by atoms with E-state index in [0.717, 1.165) is 22.0 Å². The summed E-state index contributed by atoms with van der Waals surface area (Å²) in [5.74, 6) is -0.337. The van der Waals surface area contributed by atoms with Crippen LogP contribution in [0.3, 0.4) is 0 Å². The monoisotopic (exact) mass is 450 g/mol. The third-order valence-electron chi connectivity index (χ3n) is 5.48. The summed E-state index contributed by atoms with van der Waals surface area (Å²) < 4.78 is 1.75. The van der Waals surface area contributed by atoms with Crippen molar-refractivity contribution in [1.29, 1.82) is 0 Å². The van der Waals surface area contributed by atoms with Gasteiger partial charge in [0.15, 0.2) is 0 Å². The molecule has 0 unspecified atom stereocenters. The Hall–Kier alpha value is -4.72. The standard InChI is InChI=1S/C26H22N6O2/c1-27-12-17-6-8-18(9-7-17)15-32-16-21(14-29-32)30-25(33)20-10-22(26(34)28-13-20)24-11-19-4-2-3-5-23(19)31-24/h2-14,16,31H,15H2,1H3,(H,28,34)(H,30,33)/b27-12+. The average Bonchev–Trinajstić information content (AvgIpc) is 3.47. The van der Waals surface area contributed by atoms with Gasteiger partial charge in [0.25, 0.3) is 11.5 Å². The van der Waals surface area contributed by atoms with Gasteiger partial charge in [0.05, 0.1) is 35.2 Å². The number of H-pyrrole nitrogens is 2. The Morgan fingerprint density at radius 1 is 1.15 bits per heavy atom. The molecule has 0 atom stereocenters. The Labute approximate surface area is 195 Å². The molecule has 0 bridgehead atoms. The molecule has 0 aliphatic carbocycles. The smallest absolute Gasteiger partial charge is 0.257 e. The van der Waals surface area contributed by atoms with Crippen molar-refractivity contribution in [3.8, 4) is 11.3 Å². The molecule has 5 rings (SSSR count). The fraction of sp³-hybridized carbons (Fsp3) is 0.0769. The van der Waals surface area contributed by atoms with E-state index in [1.165, 1.54) is 6.20 Å². The van der Waals surface area contributed by atoms with Gasteiger partial charge in [-0.15, -0.1) is 0 Å². The Bertz CT molecular complexity index is 1520. The lowest BCUT2D eigenvalue weighted by Gasteiger charge is -2.05. The van der Waals surface area contributed by atoms with E-state index in [-0.39, 0.29) is 11.5 Å². The first-order chi connectivity index (χ1) is 16.6. The molecule has 1 amide bonds. The van der Waals surface area contributed by atoms with Gasteiger partial charge in [-0.1, -0.05) is 42.5 Å². The SMILES string of the molecule is C/N=C/c1ccc(Cn2cc(NC(=O)c3c[nH]c(=O)c(-c4cc5ccccc5[nH]4)c3)cn2)cc1. The Morgan fingerprint density at radius 3 is 2.76 bits per heavy atom. The Morgan fingerprint density at radius 2 is 1.97 bits per heavy atom. The Kier molecular flexibility index (Phi) is 5.61. The molecule has 0 saturated heterocycles. The highest BCUT2D eigenvalue weighted by Crippen LogP contribution is 2.22. The number of nitrogens with one attached hydrogen (secondary N) is 3. The molecule has 3 aromatic heterocycles. The fourth-order valence-corrected chi connectivity index (χ4v) is 3.80. The molecular formula is C26H22N6O2. The van der Waals surface area contributed by atoms with E-state index in [2.05, 4.69) is 25.4 Å². The molecule has 8 nitrogen and oxygen atoms in total. The van der Waals surface area contributed by atoms with E-state index in [1.807, 2.05) is 54.6 Å². The van der Waals surface area contributed by atoms with Crippen LogP contribution in [0.4, 0.5) is 5.69 Å². The maximum absolute atomic E-state index is 12.9. The highest BCUT2D eigenvalue weighted by molar-refractivity contribution is 6.04. The number of pyridine rings is 1. The number of aromatic nitrogens is 4. The molecule has 0 radical (unpaired) electrons. The Balaban J connectivity index is 1.31. The zero-order valence-electron chi connectivity index (χ0n) is 18.4. The van der Waals surface area contributed by atoms with Gasteiger partial charge in [0, 0.05) is 36.6 Å². The highest BCUT2D eigenvalue weighted by atomic mass is 16.2. The van der Waals surface area contributed by atoms with Crippen LogP contribution in [0.5, 0.6) is 0 Å². The largest absolute Gasteiger partial charge is 0.354 e. The second-order valence-electron chi connectivity index (χ2n) is 7.91. The maximum atomic E-state index is 12.9. The lowest BCUT2D eigenvalue weighted by molar-refractivity contribution is 0.102. The number of carbonyl (C=O) groups excluding carboxylic acids is 1. The minimum atomic E-state index is -0.337. The third kappa shape index (κ3) is 4.42. The summed E-state index contributed by atoms with van der Waals surface area (Å²) in [6.45, 7) is 0.572. The number of fused-ring (bicyclic) bond motifs is 1.